The van der Waals surface area contributed by atoms with E-state index in [2.05, 4.69) is 228 Å². The fourth-order valence-electron chi connectivity index (χ4n) is 8.67. The summed E-state index contributed by atoms with van der Waals surface area (Å²) in [6, 6.07) is 49.7. The van der Waals surface area contributed by atoms with Crippen LogP contribution in [0.2, 0.25) is 0 Å². The Morgan fingerprint density at radius 3 is 1.88 bits per heavy atom. The van der Waals surface area contributed by atoms with Crippen LogP contribution >= 0.6 is 0 Å². The number of fused-ring (bicyclic) bond motifs is 1. The summed E-state index contributed by atoms with van der Waals surface area (Å²) in [7, 11) is 0. The Labute approximate surface area is 402 Å². The van der Waals surface area contributed by atoms with Gasteiger partial charge in [0.2, 0.25) is 0 Å². The summed E-state index contributed by atoms with van der Waals surface area (Å²) in [6.45, 7) is 28.9. The molecule has 5 heteroatoms. The topological polar surface area (TPSA) is 50.9 Å². The Balaban J connectivity index is 0.00000630. The second kappa shape index (κ2) is 17.7. The fraction of sp³-hybridized carbons (Fsp3) is 0.300. The van der Waals surface area contributed by atoms with E-state index in [4.69, 9.17) is 9.97 Å². The van der Waals surface area contributed by atoms with E-state index in [0.29, 0.717) is 11.4 Å². The number of aromatic nitrogens is 3. The molecular weight excluding hydrogens is 974 g/mol. The maximum atomic E-state index is 12.3. The first-order valence-electron chi connectivity index (χ1n) is 22.9. The summed E-state index contributed by atoms with van der Waals surface area (Å²) >= 11 is 0. The van der Waals surface area contributed by atoms with E-state index in [0.717, 1.165) is 78.9 Å². The van der Waals surface area contributed by atoms with E-state index >= 15 is 0 Å². The number of aryl methyl sites for hydroxylation is 1. The van der Waals surface area contributed by atoms with Crippen molar-refractivity contribution in [2.24, 2.45) is 0 Å². The molecule has 0 amide bonds. The van der Waals surface area contributed by atoms with Crippen LogP contribution in [0.25, 0.3) is 72.7 Å². The van der Waals surface area contributed by atoms with Crippen molar-refractivity contribution < 1.29 is 26.2 Å². The molecule has 0 saturated carbocycles. The zero-order valence-corrected chi connectivity index (χ0v) is 42.8. The molecule has 336 valence electrons. The number of aromatic hydroxyl groups is 1. The Hall–Kier alpha value is -5.57. The zero-order valence-electron chi connectivity index (χ0n) is 40.5. The third-order valence-electron chi connectivity index (χ3n) is 13.1. The van der Waals surface area contributed by atoms with Crippen molar-refractivity contribution in [2.45, 2.75) is 118 Å². The van der Waals surface area contributed by atoms with Gasteiger partial charge in [-0.15, -0.1) is 29.3 Å². The number of rotatable bonds is 8. The van der Waals surface area contributed by atoms with E-state index in [1.807, 2.05) is 6.20 Å². The van der Waals surface area contributed by atoms with Crippen LogP contribution < -0.4 is 0 Å². The number of hydrogen-bond acceptors (Lipinski definition) is 3. The van der Waals surface area contributed by atoms with E-state index < -0.39 is 0 Å². The second-order valence-corrected chi connectivity index (χ2v) is 21.4. The minimum atomic E-state index is -0.296. The normalized spacial score (nSPS) is 12.4. The molecule has 8 rings (SSSR count). The number of phenols is 1. The number of benzene rings is 6. The molecule has 0 unspecified atom stereocenters. The van der Waals surface area contributed by atoms with Crippen LogP contribution in [-0.4, -0.2) is 19.6 Å². The Morgan fingerprint density at radius 2 is 1.23 bits per heavy atom. The van der Waals surface area contributed by atoms with Gasteiger partial charge in [0.25, 0.3) is 0 Å². The van der Waals surface area contributed by atoms with E-state index in [1.54, 1.807) is 0 Å². The number of hydrogen-bond donors (Lipinski definition) is 1. The third kappa shape index (κ3) is 9.43. The minimum Gasteiger partial charge on any atom is -0.507 e. The van der Waals surface area contributed by atoms with Crippen molar-refractivity contribution in [1.82, 2.24) is 14.5 Å². The standard InChI is InChI=1S/C60H64N3O.Pt/c1-14-60(12,13)45-27-28-52(48(37-45)40-19-16-15-17-20-40)63-53-22-18-21-47(54(53)62-56(63)49-31-38(2)32-50(55(49)64)59(9,10)11)42-33-43(35-46(34-42)58(6,7)8)51-36-41(29-30-61-51)39-23-25-44(26-24-39)57(3,4)5;/h15-32,34-37,64H,14H2,1-13H3;/q-1;. The van der Waals surface area contributed by atoms with Gasteiger partial charge in [0.15, 0.2) is 0 Å². The molecule has 0 radical (unpaired) electrons. The fourth-order valence-corrected chi connectivity index (χ4v) is 8.67. The van der Waals surface area contributed by atoms with Crippen LogP contribution in [0, 0.1) is 13.0 Å². The first kappa shape index (κ1) is 47.4. The van der Waals surface area contributed by atoms with Crippen LogP contribution in [0.5, 0.6) is 5.75 Å². The molecule has 65 heavy (non-hydrogen) atoms. The van der Waals surface area contributed by atoms with Gasteiger partial charge in [-0.1, -0.05) is 179 Å². The van der Waals surface area contributed by atoms with Crippen LogP contribution in [0.15, 0.2) is 134 Å². The van der Waals surface area contributed by atoms with Crippen molar-refractivity contribution >= 4 is 11.0 Å². The van der Waals surface area contributed by atoms with Gasteiger partial charge in [0.05, 0.1) is 22.3 Å². The second-order valence-electron chi connectivity index (χ2n) is 21.4. The van der Waals surface area contributed by atoms with Crippen LogP contribution in [0.4, 0.5) is 0 Å². The van der Waals surface area contributed by atoms with Gasteiger partial charge in [-0.3, -0.25) is 9.55 Å². The van der Waals surface area contributed by atoms with Gasteiger partial charge in [-0.2, -0.15) is 0 Å². The van der Waals surface area contributed by atoms with Gasteiger partial charge >= 0.3 is 0 Å². The number of nitrogens with zero attached hydrogens (tertiary/aromatic N) is 3. The number of pyridine rings is 1. The van der Waals surface area contributed by atoms with Crippen LogP contribution in [0.1, 0.15) is 117 Å². The first-order valence-corrected chi connectivity index (χ1v) is 22.9. The van der Waals surface area contributed by atoms with E-state index in [1.165, 1.54) is 16.7 Å². The molecule has 0 aliphatic rings. The molecule has 0 aliphatic carbocycles. The number of imidazole rings is 1. The van der Waals surface area contributed by atoms with Gasteiger partial charge in [0, 0.05) is 44.1 Å². The molecule has 0 atom stereocenters. The van der Waals surface area contributed by atoms with Crippen molar-refractivity contribution in [3.63, 3.8) is 0 Å². The molecule has 0 fully saturated rings. The summed E-state index contributed by atoms with van der Waals surface area (Å²) in [5, 5.41) is 12.3. The first-order chi connectivity index (χ1) is 30.1. The molecule has 0 aliphatic heterocycles. The SMILES string of the molecule is CCC(C)(C)c1ccc(-n2c(-c3cc(C)cc(C(C)(C)C)c3O)nc3c(-c4[c-]c(-c5cc(-c6ccc(C(C)(C)C)cc6)ccn5)cc(C(C)(C)C)c4)cccc32)c(-c2ccccc2)c1.[Pt]. The Bertz CT molecular complexity index is 3010. The van der Waals surface area contributed by atoms with Crippen molar-refractivity contribution in [3.05, 3.63) is 167 Å². The largest absolute Gasteiger partial charge is 0.507 e. The summed E-state index contributed by atoms with van der Waals surface area (Å²) in [5.41, 5.74) is 17.0. The average Bonchev–Trinajstić information content (AvgIpc) is 3.65. The predicted octanol–water partition coefficient (Wildman–Crippen LogP) is 16.1. The van der Waals surface area contributed by atoms with Crippen molar-refractivity contribution in [1.29, 1.82) is 0 Å². The molecule has 0 spiro atoms. The molecule has 2 heterocycles. The quantitative estimate of drug-likeness (QED) is 0.154. The molecule has 4 nitrogen and oxygen atoms in total. The minimum absolute atomic E-state index is 0. The van der Waals surface area contributed by atoms with Crippen LogP contribution in [0.3, 0.4) is 0 Å². The molecule has 2 aromatic heterocycles. The smallest absolute Gasteiger partial charge is 0.148 e. The molecule has 0 bridgehead atoms. The number of phenolic OH excluding ortho intramolecular Hbond substituents is 1. The van der Waals surface area contributed by atoms with Crippen molar-refractivity contribution in [3.8, 4) is 67.5 Å². The van der Waals surface area contributed by atoms with Gasteiger partial charge < -0.3 is 5.11 Å². The summed E-state index contributed by atoms with van der Waals surface area (Å²) in [6.07, 6.45) is 2.91. The molecule has 8 aromatic rings. The maximum Gasteiger partial charge on any atom is 0.148 e. The van der Waals surface area contributed by atoms with Gasteiger partial charge in [0.1, 0.15) is 11.6 Å². The monoisotopic (exact) mass is 1040 g/mol. The van der Waals surface area contributed by atoms with Crippen LogP contribution in [-0.2, 0) is 42.7 Å². The third-order valence-corrected chi connectivity index (χ3v) is 13.1. The van der Waals surface area contributed by atoms with Gasteiger partial charge in [-0.05, 0) is 98.7 Å². The average molecular weight is 1040 g/mol. The molecule has 1 N–H and O–H groups in total. The summed E-state index contributed by atoms with van der Waals surface area (Å²) < 4.78 is 2.27. The number of para-hydroxylation sites is 1. The van der Waals surface area contributed by atoms with E-state index in [9.17, 15) is 5.11 Å². The summed E-state index contributed by atoms with van der Waals surface area (Å²) in [4.78, 5) is 10.6. The molecule has 6 aromatic carbocycles. The predicted molar refractivity (Wildman–Crippen MR) is 271 cm³/mol. The molecule has 0 saturated heterocycles. The zero-order chi connectivity index (χ0) is 45.9. The van der Waals surface area contributed by atoms with Crippen molar-refractivity contribution in [2.75, 3.05) is 0 Å². The van der Waals surface area contributed by atoms with E-state index in [-0.39, 0.29) is 48.5 Å². The van der Waals surface area contributed by atoms with Gasteiger partial charge in [-0.25, -0.2) is 4.98 Å². The summed E-state index contributed by atoms with van der Waals surface area (Å²) in [5.74, 6) is 0.941. The Morgan fingerprint density at radius 1 is 0.569 bits per heavy atom. The maximum absolute atomic E-state index is 12.3. The molecular formula is C60H64N3OPt-. The Kier molecular flexibility index (Phi) is 12.9.